The van der Waals surface area contributed by atoms with E-state index in [0.717, 1.165) is 95.0 Å². The van der Waals surface area contributed by atoms with Crippen LogP contribution in [0.2, 0.25) is 0 Å². The SMILES string of the molecule is [2H]c1c([2H])c([2H])c(-c2ccc3c(c2)B2c4ccc(C(C)(C)C)cc4N(c4ccc(C(C)(C)C)cc4-c4ccccc4)c4cc(-c5cccc6c5C5(c7ccccc7-c7ccccc75)c5ccccc5-6)cc(c42)N3c2c(-c3ccccc3)cccc2-c2ccccc2)c([2H])c1[2H]. The van der Waals surface area contributed by atoms with Gasteiger partial charge in [-0.1, -0.05) is 302 Å². The van der Waals surface area contributed by atoms with Crippen molar-refractivity contribution in [2.75, 3.05) is 9.80 Å². The summed E-state index contributed by atoms with van der Waals surface area (Å²) in [6.45, 7) is 13.3. The third-order valence-corrected chi connectivity index (χ3v) is 19.7. The summed E-state index contributed by atoms with van der Waals surface area (Å²) < 4.78 is 45.8. The van der Waals surface area contributed by atoms with Gasteiger partial charge in [-0.05, 0) is 158 Å². The molecule has 0 unspecified atom stereocenters. The zero-order chi connectivity index (χ0) is 65.0. The summed E-state index contributed by atoms with van der Waals surface area (Å²) in [7, 11) is 0. The van der Waals surface area contributed by atoms with Crippen LogP contribution in [-0.4, -0.2) is 6.71 Å². The molecule has 13 aromatic rings. The average Bonchev–Trinajstić information content (AvgIpc) is 1.22. The lowest BCUT2D eigenvalue weighted by Gasteiger charge is -2.46. The van der Waals surface area contributed by atoms with Crippen LogP contribution in [0, 0.1) is 0 Å². The van der Waals surface area contributed by atoms with Gasteiger partial charge < -0.3 is 9.80 Å². The largest absolute Gasteiger partial charge is 0.311 e. The van der Waals surface area contributed by atoms with Gasteiger partial charge >= 0.3 is 0 Å². The monoisotopic (exact) mass is 1160 g/mol. The fourth-order valence-corrected chi connectivity index (χ4v) is 15.6. The third kappa shape index (κ3) is 8.05. The lowest BCUT2D eigenvalue weighted by atomic mass is 9.33. The van der Waals surface area contributed by atoms with Gasteiger partial charge in [-0.15, -0.1) is 0 Å². The fourth-order valence-electron chi connectivity index (χ4n) is 15.6. The zero-order valence-electron chi connectivity index (χ0n) is 56.4. The molecule has 0 saturated carbocycles. The number of fused-ring (bicyclic) bond motifs is 14. The van der Waals surface area contributed by atoms with E-state index >= 15 is 0 Å². The maximum atomic E-state index is 9.51. The number of rotatable bonds is 7. The third-order valence-electron chi connectivity index (χ3n) is 19.7. The van der Waals surface area contributed by atoms with Gasteiger partial charge in [0.1, 0.15) is 0 Å². The molecular formula is C87H67BN2. The Morgan fingerprint density at radius 3 is 1.36 bits per heavy atom. The maximum absolute atomic E-state index is 9.51. The molecule has 0 saturated heterocycles. The van der Waals surface area contributed by atoms with Gasteiger partial charge in [0.2, 0.25) is 0 Å². The Labute approximate surface area is 537 Å². The molecule has 2 aliphatic carbocycles. The lowest BCUT2D eigenvalue weighted by molar-refractivity contribution is 0.590. The highest BCUT2D eigenvalue weighted by atomic mass is 15.2. The van der Waals surface area contributed by atoms with Gasteiger partial charge in [0.05, 0.1) is 23.6 Å². The van der Waals surface area contributed by atoms with Crippen molar-refractivity contribution in [1.29, 1.82) is 0 Å². The number of anilines is 6. The number of benzene rings is 13. The Morgan fingerprint density at radius 2 is 0.778 bits per heavy atom. The molecule has 2 nitrogen and oxygen atoms in total. The minimum Gasteiger partial charge on any atom is -0.311 e. The molecule has 0 fully saturated rings. The molecule has 13 aromatic carbocycles. The molecule has 0 atom stereocenters. The summed E-state index contributed by atoms with van der Waals surface area (Å²) >= 11 is 0. The van der Waals surface area contributed by atoms with Crippen molar-refractivity contribution in [3.63, 3.8) is 0 Å². The predicted octanol–water partition coefficient (Wildman–Crippen LogP) is 21.0. The van der Waals surface area contributed by atoms with E-state index in [0.29, 0.717) is 5.56 Å². The predicted molar refractivity (Wildman–Crippen MR) is 381 cm³/mol. The summed E-state index contributed by atoms with van der Waals surface area (Å²) in [6, 6.07) is 96.9. The topological polar surface area (TPSA) is 6.48 Å². The summed E-state index contributed by atoms with van der Waals surface area (Å²) in [5, 5.41) is 0. The van der Waals surface area contributed by atoms with Crippen molar-refractivity contribution >= 4 is 57.2 Å². The Bertz CT molecular complexity index is 5210. The van der Waals surface area contributed by atoms with Crippen molar-refractivity contribution < 1.29 is 6.85 Å². The van der Waals surface area contributed by atoms with E-state index < -0.39 is 18.2 Å². The van der Waals surface area contributed by atoms with Crippen LogP contribution in [0.1, 0.15) is 81.8 Å². The molecule has 0 bridgehead atoms. The second-order valence-electron chi connectivity index (χ2n) is 26.7. The van der Waals surface area contributed by atoms with E-state index in [1.54, 1.807) is 0 Å². The lowest BCUT2D eigenvalue weighted by Crippen LogP contribution is -2.61. The minimum absolute atomic E-state index is 0.163. The molecule has 4 aliphatic rings. The molecule has 0 N–H and O–H groups in total. The van der Waals surface area contributed by atoms with Crippen LogP contribution in [0.3, 0.4) is 0 Å². The van der Waals surface area contributed by atoms with Crippen LogP contribution in [0.15, 0.2) is 297 Å². The first-order valence-corrected chi connectivity index (χ1v) is 31.5. The summed E-state index contributed by atoms with van der Waals surface area (Å²) in [6.07, 6.45) is 0. The Kier molecular flexibility index (Phi) is 10.9. The smallest absolute Gasteiger partial charge is 0.252 e. The molecule has 0 amide bonds. The van der Waals surface area contributed by atoms with Crippen molar-refractivity contribution in [3.05, 3.63) is 331 Å². The number of para-hydroxylation sites is 1. The van der Waals surface area contributed by atoms with Crippen molar-refractivity contribution in [1.82, 2.24) is 0 Å². The van der Waals surface area contributed by atoms with Gasteiger partial charge in [-0.25, -0.2) is 0 Å². The first-order chi connectivity index (χ1) is 46.0. The minimum atomic E-state index is -0.672. The Morgan fingerprint density at radius 1 is 0.311 bits per heavy atom. The van der Waals surface area contributed by atoms with Crippen LogP contribution < -0.4 is 26.2 Å². The molecular weight excluding hydrogens is 1080 g/mol. The van der Waals surface area contributed by atoms with Crippen molar-refractivity contribution in [2.24, 2.45) is 0 Å². The average molecular weight is 1160 g/mol. The standard InChI is InChI=1S/C87H67BN2/c1-85(2,3)62-47-50-77(71(54-62)59-33-17-10-18-34-59)89-79-55-63(86(4,5)6)46-48-75(79)88-76-51-60(56-27-11-7-12-28-56)45-49-78(76)90(84-65(57-29-13-8-14-30-57)39-26-40-66(84)58-31-15-9-16-32-58)81-53-61(52-80(89)83(81)88)64-38-25-41-70-69-37-21-24-44-74(69)87(82(64)70)72-42-22-19-35-67(72)68-36-20-23-43-73(68)87/h7-55H,1-6H3/i7D,11D,12D,27D,28D. The number of hydrogen-bond donors (Lipinski definition) is 0. The summed E-state index contributed by atoms with van der Waals surface area (Å²) in [5.41, 5.74) is 29.7. The molecule has 2 heterocycles. The molecule has 0 radical (unpaired) electrons. The van der Waals surface area contributed by atoms with Gasteiger partial charge in [-0.2, -0.15) is 0 Å². The second-order valence-corrected chi connectivity index (χ2v) is 26.7. The highest BCUT2D eigenvalue weighted by molar-refractivity contribution is 7.00. The van der Waals surface area contributed by atoms with E-state index in [9.17, 15) is 2.74 Å². The molecule has 2 aliphatic heterocycles. The van der Waals surface area contributed by atoms with Gasteiger partial charge in [0.15, 0.2) is 0 Å². The van der Waals surface area contributed by atoms with Crippen LogP contribution in [-0.2, 0) is 16.2 Å². The first-order valence-electron chi connectivity index (χ1n) is 34.0. The maximum Gasteiger partial charge on any atom is 0.252 e. The van der Waals surface area contributed by atoms with E-state index in [2.05, 4.69) is 312 Å². The molecule has 90 heavy (non-hydrogen) atoms. The zero-order valence-corrected chi connectivity index (χ0v) is 51.4. The normalized spacial score (nSPS) is 14.5. The Balaban J connectivity index is 1.07. The van der Waals surface area contributed by atoms with E-state index in [1.165, 1.54) is 55.6 Å². The number of nitrogens with zero attached hydrogens (tertiary/aromatic N) is 2. The van der Waals surface area contributed by atoms with Crippen LogP contribution >= 0.6 is 0 Å². The quantitative estimate of drug-likeness (QED) is 0.147. The summed E-state index contributed by atoms with van der Waals surface area (Å²) in [5.74, 6) is 0. The van der Waals surface area contributed by atoms with Crippen LogP contribution in [0.4, 0.5) is 34.1 Å². The highest BCUT2D eigenvalue weighted by Crippen LogP contribution is 2.65. The van der Waals surface area contributed by atoms with Crippen LogP contribution in [0.5, 0.6) is 0 Å². The molecule has 3 heteroatoms. The number of hydrogen-bond acceptors (Lipinski definition) is 2. The van der Waals surface area contributed by atoms with Crippen LogP contribution in [0.25, 0.3) is 77.9 Å². The van der Waals surface area contributed by atoms with Gasteiger partial charge in [-0.3, -0.25) is 0 Å². The van der Waals surface area contributed by atoms with Gasteiger partial charge in [0, 0.05) is 39.4 Å². The Hall–Kier alpha value is -10.5. The molecule has 428 valence electrons. The van der Waals surface area contributed by atoms with E-state index in [-0.39, 0.29) is 40.6 Å². The van der Waals surface area contributed by atoms with Crippen molar-refractivity contribution in [3.8, 4) is 77.9 Å². The van der Waals surface area contributed by atoms with Gasteiger partial charge in [0.25, 0.3) is 6.71 Å². The molecule has 17 rings (SSSR count). The summed E-state index contributed by atoms with van der Waals surface area (Å²) in [4.78, 5) is 5.10. The van der Waals surface area contributed by atoms with E-state index in [4.69, 9.17) is 4.11 Å². The fraction of sp³-hybridized carbons (Fsp3) is 0.103. The molecule has 0 aromatic heterocycles. The van der Waals surface area contributed by atoms with E-state index in [1.807, 2.05) is 6.07 Å². The second kappa shape index (κ2) is 20.3. The van der Waals surface area contributed by atoms with Crippen molar-refractivity contribution in [2.45, 2.75) is 57.8 Å². The highest BCUT2D eigenvalue weighted by Gasteiger charge is 2.53. The molecule has 1 spiro atoms. The first kappa shape index (κ1) is 48.5.